The minimum Gasteiger partial charge on any atom is -0.435 e. The van der Waals surface area contributed by atoms with Crippen LogP contribution in [0, 0.1) is 0 Å². The van der Waals surface area contributed by atoms with Gasteiger partial charge in [0.05, 0.1) is 4.34 Å². The van der Waals surface area contributed by atoms with Crippen molar-refractivity contribution >= 4 is 22.9 Å². The lowest BCUT2D eigenvalue weighted by molar-refractivity contribution is -0.0498. The van der Waals surface area contributed by atoms with Crippen molar-refractivity contribution in [2.75, 3.05) is 0 Å². The van der Waals surface area contributed by atoms with Crippen LogP contribution in [0.15, 0.2) is 36.4 Å². The van der Waals surface area contributed by atoms with Gasteiger partial charge < -0.3 is 10.5 Å². The highest BCUT2D eigenvalue weighted by Gasteiger charge is 2.10. The van der Waals surface area contributed by atoms with Crippen molar-refractivity contribution in [3.63, 3.8) is 0 Å². The van der Waals surface area contributed by atoms with E-state index in [2.05, 4.69) is 4.74 Å². The highest BCUT2D eigenvalue weighted by atomic mass is 35.5. The lowest BCUT2D eigenvalue weighted by atomic mass is 10.0. The molecule has 6 heteroatoms. The Morgan fingerprint density at radius 1 is 1.16 bits per heavy atom. The maximum Gasteiger partial charge on any atom is 0.387 e. The third-order valence-electron chi connectivity index (χ3n) is 2.58. The molecule has 0 saturated carbocycles. The summed E-state index contributed by atoms with van der Waals surface area (Å²) in [5.74, 6) is 0.130. The molecule has 0 saturated heterocycles. The van der Waals surface area contributed by atoms with Crippen LogP contribution in [0.25, 0.3) is 0 Å². The molecule has 102 valence electrons. The monoisotopic (exact) mass is 303 g/mol. The molecule has 0 radical (unpaired) electrons. The first-order chi connectivity index (χ1) is 9.04. The number of nitrogens with two attached hydrogens (primary N) is 1. The molecule has 2 N–H and O–H groups in total. The van der Waals surface area contributed by atoms with E-state index in [1.54, 1.807) is 12.1 Å². The first kappa shape index (κ1) is 14.2. The van der Waals surface area contributed by atoms with Crippen LogP contribution in [-0.2, 0) is 6.42 Å². The molecule has 0 amide bonds. The van der Waals surface area contributed by atoms with Crippen molar-refractivity contribution < 1.29 is 13.5 Å². The van der Waals surface area contributed by atoms with Crippen LogP contribution in [0.2, 0.25) is 4.34 Å². The summed E-state index contributed by atoms with van der Waals surface area (Å²) in [6.45, 7) is -2.81. The summed E-state index contributed by atoms with van der Waals surface area (Å²) in [5.41, 5.74) is 6.93. The lowest BCUT2D eigenvalue weighted by Gasteiger charge is -2.12. The largest absolute Gasteiger partial charge is 0.435 e. The zero-order chi connectivity index (χ0) is 13.8. The van der Waals surface area contributed by atoms with Gasteiger partial charge in [-0.3, -0.25) is 0 Å². The van der Waals surface area contributed by atoms with Crippen LogP contribution >= 0.6 is 22.9 Å². The molecule has 0 aliphatic heterocycles. The van der Waals surface area contributed by atoms with Crippen LogP contribution in [0.3, 0.4) is 0 Å². The second-order valence-corrected chi connectivity index (χ2v) is 5.76. The maximum absolute atomic E-state index is 12.0. The first-order valence-corrected chi connectivity index (χ1v) is 6.78. The summed E-state index contributed by atoms with van der Waals surface area (Å²) in [4.78, 5) is 1.09. The van der Waals surface area contributed by atoms with E-state index >= 15 is 0 Å². The third kappa shape index (κ3) is 4.16. The number of benzene rings is 1. The molecule has 1 unspecified atom stereocenters. The minimum atomic E-state index is -2.81. The lowest BCUT2D eigenvalue weighted by Crippen LogP contribution is -2.12. The van der Waals surface area contributed by atoms with E-state index in [1.807, 2.05) is 12.1 Å². The standard InChI is InChI=1S/C13H12ClF2NOS/c14-12-6-5-10(19-12)7-11(17)8-1-3-9(4-2-8)18-13(15)16/h1-6,11,13H,7,17H2. The van der Waals surface area contributed by atoms with Gasteiger partial charge >= 0.3 is 6.61 Å². The van der Waals surface area contributed by atoms with E-state index in [-0.39, 0.29) is 11.8 Å². The van der Waals surface area contributed by atoms with E-state index in [0.717, 1.165) is 14.8 Å². The Bertz CT molecular complexity index is 530. The van der Waals surface area contributed by atoms with Crippen LogP contribution in [-0.4, -0.2) is 6.61 Å². The van der Waals surface area contributed by atoms with Gasteiger partial charge in [0.15, 0.2) is 0 Å². The molecule has 1 aromatic heterocycles. The van der Waals surface area contributed by atoms with E-state index in [9.17, 15) is 8.78 Å². The molecular weight excluding hydrogens is 292 g/mol. The Morgan fingerprint density at radius 2 is 1.84 bits per heavy atom. The molecule has 0 aliphatic carbocycles. The van der Waals surface area contributed by atoms with Gasteiger partial charge in [0.25, 0.3) is 0 Å². The Hall–Kier alpha value is -1.17. The van der Waals surface area contributed by atoms with Crippen molar-refractivity contribution in [2.24, 2.45) is 5.73 Å². The number of ether oxygens (including phenoxy) is 1. The Morgan fingerprint density at radius 3 is 2.37 bits per heavy atom. The maximum atomic E-state index is 12.0. The Balaban J connectivity index is 2.01. The first-order valence-electron chi connectivity index (χ1n) is 5.59. The molecule has 2 rings (SSSR count). The average Bonchev–Trinajstić information content (AvgIpc) is 2.75. The fourth-order valence-corrected chi connectivity index (χ4v) is 2.84. The molecule has 0 aliphatic rings. The average molecular weight is 304 g/mol. The number of hydrogen-bond donors (Lipinski definition) is 1. The molecule has 1 atom stereocenters. The van der Waals surface area contributed by atoms with Crippen LogP contribution in [0.1, 0.15) is 16.5 Å². The second-order valence-electron chi connectivity index (χ2n) is 3.96. The number of rotatable bonds is 5. The zero-order valence-corrected chi connectivity index (χ0v) is 11.4. The summed E-state index contributed by atoms with van der Waals surface area (Å²) in [6.07, 6.45) is 0.659. The summed E-state index contributed by atoms with van der Waals surface area (Å²) in [5, 5.41) is 0. The van der Waals surface area contributed by atoms with Gasteiger partial charge in [-0.15, -0.1) is 11.3 Å². The summed E-state index contributed by atoms with van der Waals surface area (Å²) in [7, 11) is 0. The number of hydrogen-bond acceptors (Lipinski definition) is 3. The van der Waals surface area contributed by atoms with Gasteiger partial charge in [0, 0.05) is 17.3 Å². The SMILES string of the molecule is NC(Cc1ccc(Cl)s1)c1ccc(OC(F)F)cc1. The molecule has 2 nitrogen and oxygen atoms in total. The van der Waals surface area contributed by atoms with E-state index in [0.29, 0.717) is 6.42 Å². The Labute approximate surface area is 118 Å². The van der Waals surface area contributed by atoms with Gasteiger partial charge in [-0.25, -0.2) is 0 Å². The molecule has 0 bridgehead atoms. The molecule has 1 heterocycles. The van der Waals surface area contributed by atoms with Crippen LogP contribution < -0.4 is 10.5 Å². The van der Waals surface area contributed by atoms with Crippen LogP contribution in [0.5, 0.6) is 5.75 Å². The van der Waals surface area contributed by atoms with Gasteiger partial charge in [0.2, 0.25) is 0 Å². The van der Waals surface area contributed by atoms with E-state index in [1.165, 1.54) is 23.5 Å². The zero-order valence-electron chi connectivity index (χ0n) is 9.85. The minimum absolute atomic E-state index is 0.130. The highest BCUT2D eigenvalue weighted by Crippen LogP contribution is 2.26. The summed E-state index contributed by atoms with van der Waals surface area (Å²) >= 11 is 7.33. The predicted molar refractivity (Wildman–Crippen MR) is 73.0 cm³/mol. The molecular formula is C13H12ClF2NOS. The number of alkyl halides is 2. The van der Waals surface area contributed by atoms with Crippen molar-refractivity contribution in [3.8, 4) is 5.75 Å². The van der Waals surface area contributed by atoms with Crippen molar-refractivity contribution in [1.29, 1.82) is 0 Å². The fourth-order valence-electron chi connectivity index (χ4n) is 1.69. The van der Waals surface area contributed by atoms with Gasteiger partial charge in [-0.05, 0) is 29.8 Å². The predicted octanol–water partition coefficient (Wildman–Crippen LogP) is 4.25. The van der Waals surface area contributed by atoms with Crippen molar-refractivity contribution in [2.45, 2.75) is 19.1 Å². The smallest absolute Gasteiger partial charge is 0.387 e. The molecule has 0 fully saturated rings. The van der Waals surface area contributed by atoms with Gasteiger partial charge in [-0.1, -0.05) is 23.7 Å². The van der Waals surface area contributed by atoms with E-state index < -0.39 is 6.61 Å². The third-order valence-corrected chi connectivity index (χ3v) is 3.84. The summed E-state index contributed by atoms with van der Waals surface area (Å²) in [6, 6.07) is 9.92. The number of thiophene rings is 1. The van der Waals surface area contributed by atoms with Gasteiger partial charge in [0.1, 0.15) is 5.75 Å². The van der Waals surface area contributed by atoms with Gasteiger partial charge in [-0.2, -0.15) is 8.78 Å². The molecule has 1 aromatic carbocycles. The molecule has 0 spiro atoms. The summed E-state index contributed by atoms with van der Waals surface area (Å²) < 4.78 is 29.0. The van der Waals surface area contributed by atoms with Crippen molar-refractivity contribution in [3.05, 3.63) is 51.2 Å². The van der Waals surface area contributed by atoms with Crippen molar-refractivity contribution in [1.82, 2.24) is 0 Å². The quantitative estimate of drug-likeness (QED) is 0.896. The number of halogens is 3. The fraction of sp³-hybridized carbons (Fsp3) is 0.231. The molecule has 19 heavy (non-hydrogen) atoms. The Kier molecular flexibility index (Phi) is 4.74. The topological polar surface area (TPSA) is 35.2 Å². The second kappa shape index (κ2) is 6.32. The van der Waals surface area contributed by atoms with E-state index in [4.69, 9.17) is 17.3 Å². The van der Waals surface area contributed by atoms with Crippen LogP contribution in [0.4, 0.5) is 8.78 Å². The normalized spacial score (nSPS) is 12.7. The molecule has 2 aromatic rings. The highest BCUT2D eigenvalue weighted by molar-refractivity contribution is 7.16.